The van der Waals surface area contributed by atoms with Crippen LogP contribution in [0.3, 0.4) is 0 Å². The van der Waals surface area contributed by atoms with Gasteiger partial charge in [-0.05, 0) is 18.2 Å². The largest absolute Gasteiger partial charge is 0.354 e. The Kier molecular flexibility index (Phi) is 3.35. The molecule has 0 atom stereocenters. The average molecular weight is 243 g/mol. The minimum atomic E-state index is 0.582. The van der Waals surface area contributed by atoms with E-state index in [2.05, 4.69) is 15.0 Å². The number of nitrogens with zero attached hydrogens (tertiary/aromatic N) is 1. The zero-order valence-electron chi connectivity index (χ0n) is 7.96. The molecule has 1 aromatic carbocycles. The van der Waals surface area contributed by atoms with Crippen molar-refractivity contribution < 1.29 is 0 Å². The molecule has 80 valence electrons. The van der Waals surface area contributed by atoms with Crippen molar-refractivity contribution in [1.82, 2.24) is 5.32 Å². The van der Waals surface area contributed by atoms with Crippen LogP contribution in [0.4, 0.5) is 5.69 Å². The van der Waals surface area contributed by atoms with Crippen LogP contribution in [0.1, 0.15) is 0 Å². The smallest absolute Gasteiger partial charge is 0.207 e. The Hall–Kier alpha value is -0.910. The molecule has 1 aliphatic heterocycles. The fraction of sp³-hybridized carbons (Fsp3) is 0.222. The van der Waals surface area contributed by atoms with Crippen LogP contribution < -0.4 is 16.4 Å². The molecular formula is C9H11ClN4S. The molecule has 0 aromatic heterocycles. The van der Waals surface area contributed by atoms with Crippen LogP contribution in [0.15, 0.2) is 27.5 Å². The lowest BCUT2D eigenvalue weighted by Gasteiger charge is -2.18. The van der Waals surface area contributed by atoms with Gasteiger partial charge in [0, 0.05) is 30.1 Å². The van der Waals surface area contributed by atoms with Gasteiger partial charge in [0.1, 0.15) is 0 Å². The highest BCUT2D eigenvalue weighted by Gasteiger charge is 2.11. The molecule has 4 N–H and O–H groups in total. The molecule has 1 aromatic rings. The first-order chi connectivity index (χ1) is 7.29. The predicted molar refractivity (Wildman–Crippen MR) is 65.4 cm³/mol. The number of hydrogen-bond acceptors (Lipinski definition) is 5. The van der Waals surface area contributed by atoms with E-state index in [9.17, 15) is 0 Å². The zero-order valence-corrected chi connectivity index (χ0v) is 9.53. The van der Waals surface area contributed by atoms with E-state index in [-0.39, 0.29) is 0 Å². The summed E-state index contributed by atoms with van der Waals surface area (Å²) in [4.78, 5) is 1.03. The Bertz CT molecular complexity index is 394. The standard InChI is InChI=1S/C9H11ClN4S/c10-6-1-2-7-8(5-6)15-14-9(13-7)12-4-3-11/h1-2,5H,3-4,11H2,(H2,12,13,14). The molecule has 0 fully saturated rings. The average Bonchev–Trinajstić information content (AvgIpc) is 2.26. The van der Waals surface area contributed by atoms with Gasteiger partial charge in [0.05, 0.1) is 10.6 Å². The summed E-state index contributed by atoms with van der Waals surface area (Å²) in [5.41, 5.74) is 6.40. The first kappa shape index (κ1) is 10.6. The summed E-state index contributed by atoms with van der Waals surface area (Å²) in [7, 11) is 0. The van der Waals surface area contributed by atoms with E-state index in [0.29, 0.717) is 13.1 Å². The van der Waals surface area contributed by atoms with Crippen molar-refractivity contribution >= 4 is 35.2 Å². The lowest BCUT2D eigenvalue weighted by atomic mass is 10.3. The van der Waals surface area contributed by atoms with Gasteiger partial charge in [-0.2, -0.15) is 4.40 Å². The SMILES string of the molecule is NCCNC1=NSc2cc(Cl)ccc2N1. The normalized spacial score (nSPS) is 13.9. The van der Waals surface area contributed by atoms with Gasteiger partial charge in [0.2, 0.25) is 5.96 Å². The molecule has 1 aliphatic rings. The lowest BCUT2D eigenvalue weighted by Crippen LogP contribution is -2.35. The Labute approximate surface area is 97.4 Å². The van der Waals surface area contributed by atoms with Crippen LogP contribution in [0.25, 0.3) is 0 Å². The van der Waals surface area contributed by atoms with Gasteiger partial charge >= 0.3 is 0 Å². The molecule has 0 saturated heterocycles. The number of nitrogens with two attached hydrogens (primary N) is 1. The van der Waals surface area contributed by atoms with Gasteiger partial charge in [0.15, 0.2) is 0 Å². The molecule has 0 unspecified atom stereocenters. The van der Waals surface area contributed by atoms with E-state index < -0.39 is 0 Å². The Morgan fingerprint density at radius 1 is 1.53 bits per heavy atom. The van der Waals surface area contributed by atoms with Gasteiger partial charge in [0.25, 0.3) is 0 Å². The third-order valence-corrected chi connectivity index (χ3v) is 2.91. The highest BCUT2D eigenvalue weighted by Crippen LogP contribution is 2.33. The van der Waals surface area contributed by atoms with Crippen molar-refractivity contribution in [3.8, 4) is 0 Å². The van der Waals surface area contributed by atoms with Gasteiger partial charge in [-0.15, -0.1) is 0 Å². The molecule has 0 bridgehead atoms. The Morgan fingerprint density at radius 2 is 2.40 bits per heavy atom. The molecule has 2 rings (SSSR count). The van der Waals surface area contributed by atoms with Crippen molar-refractivity contribution in [3.63, 3.8) is 0 Å². The summed E-state index contributed by atoms with van der Waals surface area (Å²) < 4.78 is 4.25. The van der Waals surface area contributed by atoms with Crippen molar-refractivity contribution in [3.05, 3.63) is 23.2 Å². The number of halogens is 1. The Morgan fingerprint density at radius 3 is 3.20 bits per heavy atom. The Balaban J connectivity index is 2.09. The number of nitrogens with one attached hydrogen (secondary N) is 2. The molecule has 1 heterocycles. The summed E-state index contributed by atoms with van der Waals surface area (Å²) >= 11 is 7.27. The molecule has 0 aliphatic carbocycles. The number of rotatable bonds is 2. The van der Waals surface area contributed by atoms with Crippen LogP contribution in [0.2, 0.25) is 5.02 Å². The van der Waals surface area contributed by atoms with E-state index >= 15 is 0 Å². The lowest BCUT2D eigenvalue weighted by molar-refractivity contribution is 0.874. The van der Waals surface area contributed by atoms with Gasteiger partial charge in [-0.25, -0.2) is 0 Å². The van der Waals surface area contributed by atoms with Gasteiger partial charge in [-0.1, -0.05) is 11.6 Å². The van der Waals surface area contributed by atoms with Crippen LogP contribution in [-0.2, 0) is 0 Å². The minimum absolute atomic E-state index is 0.582. The molecule has 15 heavy (non-hydrogen) atoms. The molecule has 0 radical (unpaired) electrons. The molecule has 4 nitrogen and oxygen atoms in total. The van der Waals surface area contributed by atoms with E-state index in [1.807, 2.05) is 18.2 Å². The first-order valence-electron chi connectivity index (χ1n) is 4.55. The minimum Gasteiger partial charge on any atom is -0.354 e. The summed E-state index contributed by atoms with van der Waals surface area (Å²) in [5.74, 6) is 0.736. The summed E-state index contributed by atoms with van der Waals surface area (Å²) in [6.07, 6.45) is 0. The van der Waals surface area contributed by atoms with Crippen LogP contribution >= 0.6 is 23.5 Å². The van der Waals surface area contributed by atoms with E-state index in [1.165, 1.54) is 11.9 Å². The van der Waals surface area contributed by atoms with Gasteiger partial charge < -0.3 is 16.4 Å². The van der Waals surface area contributed by atoms with Crippen LogP contribution in [-0.4, -0.2) is 19.0 Å². The maximum Gasteiger partial charge on any atom is 0.207 e. The van der Waals surface area contributed by atoms with Gasteiger partial charge in [-0.3, -0.25) is 0 Å². The van der Waals surface area contributed by atoms with Crippen molar-refractivity contribution in [2.45, 2.75) is 4.90 Å². The molecule has 0 saturated carbocycles. The third-order valence-electron chi connectivity index (χ3n) is 1.87. The number of benzene rings is 1. The first-order valence-corrected chi connectivity index (χ1v) is 5.70. The van der Waals surface area contributed by atoms with E-state index in [0.717, 1.165) is 21.6 Å². The van der Waals surface area contributed by atoms with Crippen molar-refractivity contribution in [2.24, 2.45) is 10.1 Å². The quantitative estimate of drug-likeness (QED) is 0.691. The second kappa shape index (κ2) is 4.74. The summed E-state index contributed by atoms with van der Waals surface area (Å²) in [6.45, 7) is 1.29. The van der Waals surface area contributed by atoms with E-state index in [4.69, 9.17) is 17.3 Å². The number of anilines is 1. The van der Waals surface area contributed by atoms with Crippen molar-refractivity contribution in [2.75, 3.05) is 18.4 Å². The maximum absolute atomic E-state index is 5.87. The molecule has 0 amide bonds. The molecule has 0 spiro atoms. The van der Waals surface area contributed by atoms with E-state index in [1.54, 1.807) is 0 Å². The number of hydrogen-bond donors (Lipinski definition) is 3. The maximum atomic E-state index is 5.87. The van der Waals surface area contributed by atoms with Crippen molar-refractivity contribution in [1.29, 1.82) is 0 Å². The fourth-order valence-electron chi connectivity index (χ4n) is 1.19. The zero-order chi connectivity index (χ0) is 10.7. The monoisotopic (exact) mass is 242 g/mol. The summed E-state index contributed by atoms with van der Waals surface area (Å²) in [6, 6.07) is 5.67. The topological polar surface area (TPSA) is 62.4 Å². The highest BCUT2D eigenvalue weighted by molar-refractivity contribution is 7.98. The second-order valence-electron chi connectivity index (χ2n) is 3.01. The van der Waals surface area contributed by atoms with Crippen LogP contribution in [0, 0.1) is 0 Å². The summed E-state index contributed by atoms with van der Waals surface area (Å²) in [5, 5.41) is 6.97. The fourth-order valence-corrected chi connectivity index (χ4v) is 2.12. The predicted octanol–water partition coefficient (Wildman–Crippen LogP) is 1.68. The van der Waals surface area contributed by atoms with Crippen LogP contribution in [0.5, 0.6) is 0 Å². The second-order valence-corrected chi connectivity index (χ2v) is 4.25. The molecular weight excluding hydrogens is 232 g/mol. The third kappa shape index (κ3) is 2.56. The molecule has 6 heteroatoms. The number of guanidine groups is 1. The number of fused-ring (bicyclic) bond motifs is 1. The highest BCUT2D eigenvalue weighted by atomic mass is 35.5.